The molecule has 0 aromatic carbocycles. The van der Waals surface area contributed by atoms with Crippen LogP contribution < -0.4 is 0 Å². The van der Waals surface area contributed by atoms with Gasteiger partial charge in [-0.3, -0.25) is 0 Å². The van der Waals surface area contributed by atoms with Gasteiger partial charge >= 0.3 is 0 Å². The van der Waals surface area contributed by atoms with Gasteiger partial charge in [0.2, 0.25) is 0 Å². The lowest BCUT2D eigenvalue weighted by Gasteiger charge is -1.48. The van der Waals surface area contributed by atoms with E-state index in [-0.39, 0.29) is 0 Å². The molecule has 0 saturated carbocycles. The molecule has 0 unspecified atom stereocenters. The van der Waals surface area contributed by atoms with Crippen molar-refractivity contribution >= 4 is 0 Å². The molecule has 0 aromatic rings. The van der Waals surface area contributed by atoms with Crippen LogP contribution in [-0.2, 0) is 0 Å². The first-order chi connectivity index (χ1) is 4.33. The highest BCUT2D eigenvalue weighted by molar-refractivity contribution is 4.88. The van der Waals surface area contributed by atoms with Crippen LogP contribution in [0, 0.1) is 0 Å². The van der Waals surface area contributed by atoms with E-state index in [1.807, 2.05) is 0 Å². The molecule has 0 atom stereocenters. The van der Waals surface area contributed by atoms with Gasteiger partial charge in [-0.05, 0) is 0 Å². The van der Waals surface area contributed by atoms with Crippen molar-refractivity contribution in [1.82, 2.24) is 0 Å². The molecule has 0 N–H and O–H groups in total. The molecule has 0 fully saturated rings. The lowest BCUT2D eigenvalue weighted by molar-refractivity contribution is 1.09. The molecule has 9 heavy (non-hydrogen) atoms. The average Bonchev–Trinajstić information content (AvgIpc) is 1.94. The van der Waals surface area contributed by atoms with E-state index < -0.39 is 0 Å². The fourth-order valence-corrected chi connectivity index (χ4v) is 0. The Hall–Kier alpha value is -0.780. The van der Waals surface area contributed by atoms with Crippen LogP contribution >= 0.6 is 0 Å². The molecule has 0 aliphatic carbocycles. The number of hydrogen-bond donors (Lipinski definition) is 0. The molecule has 0 heterocycles. The van der Waals surface area contributed by atoms with Crippen molar-refractivity contribution in [2.24, 2.45) is 0 Å². The van der Waals surface area contributed by atoms with E-state index >= 15 is 0 Å². The summed E-state index contributed by atoms with van der Waals surface area (Å²) < 4.78 is 0. The molecule has 0 spiro atoms. The highest BCUT2D eigenvalue weighted by atomic mass is 13.4. The van der Waals surface area contributed by atoms with Gasteiger partial charge in [0.15, 0.2) is 0 Å². The van der Waals surface area contributed by atoms with Crippen molar-refractivity contribution < 1.29 is 0 Å². The first-order valence-corrected chi connectivity index (χ1v) is 3.06. The van der Waals surface area contributed by atoms with E-state index in [0.717, 1.165) is 0 Å². The van der Waals surface area contributed by atoms with Crippen LogP contribution in [0.2, 0.25) is 0 Å². The van der Waals surface area contributed by atoms with Gasteiger partial charge in [0, 0.05) is 0 Å². The zero-order valence-corrected chi connectivity index (χ0v) is 6.69. The van der Waals surface area contributed by atoms with Crippen molar-refractivity contribution in [3.05, 3.63) is 38.5 Å². The third-order valence-corrected chi connectivity index (χ3v) is 0.167. The van der Waals surface area contributed by atoms with Crippen LogP contribution in [0.5, 0.6) is 0 Å². The largest absolute Gasteiger partial charge is 0.106 e. The smallest absolute Gasteiger partial charge is 0.0590 e. The number of hydrogen-bond acceptors (Lipinski definition) is 0. The van der Waals surface area contributed by atoms with Crippen molar-refractivity contribution in [3.63, 3.8) is 0 Å². The maximum absolute atomic E-state index is 3.36. The van der Waals surface area contributed by atoms with Crippen LogP contribution in [0.25, 0.3) is 0 Å². The molecule has 0 bridgehead atoms. The van der Waals surface area contributed by atoms with Gasteiger partial charge < -0.3 is 0 Å². The second-order valence-corrected chi connectivity index (χ2v) is 1.18. The second kappa shape index (κ2) is 56.7. The Bertz CT molecular complexity index is 38.0. The molecule has 0 nitrogen and oxygen atoms in total. The van der Waals surface area contributed by atoms with Gasteiger partial charge in [0.25, 0.3) is 0 Å². The summed E-state index contributed by atoms with van der Waals surface area (Å²) in [5.41, 5.74) is 0. The van der Waals surface area contributed by atoms with Crippen molar-refractivity contribution in [2.75, 3.05) is 0 Å². The van der Waals surface area contributed by atoms with Gasteiger partial charge in [-0.25, -0.2) is 0 Å². The molecule has 0 radical (unpaired) electrons. The summed E-state index contributed by atoms with van der Waals surface area (Å²) in [5.74, 6) is 0. The fraction of sp³-hybridized carbons (Fsp3) is 0.333. The van der Waals surface area contributed by atoms with Gasteiger partial charge in [-0.15, -0.1) is 13.2 Å². The standard InChI is InChI=1S/C4H6.C3H8.C2H4/c1-3-4-2;1-3-2;1-2/h3-4H,1-2H2;3H2,1-2H3;1-2H2. The molecule has 0 rings (SSSR count). The fourth-order valence-electron chi connectivity index (χ4n) is 0. The van der Waals surface area contributed by atoms with Gasteiger partial charge in [0.05, 0.1) is 0 Å². The minimum atomic E-state index is 1.25. The van der Waals surface area contributed by atoms with Crippen LogP contribution in [0.1, 0.15) is 20.3 Å². The summed E-state index contributed by atoms with van der Waals surface area (Å²) in [6.45, 7) is 17.0. The second-order valence-electron chi connectivity index (χ2n) is 1.18. The Kier molecular flexibility index (Phi) is 99.0. The van der Waals surface area contributed by atoms with E-state index in [4.69, 9.17) is 0 Å². The lowest BCUT2D eigenvalue weighted by atomic mass is 10.6. The zero-order valence-electron chi connectivity index (χ0n) is 6.69. The lowest BCUT2D eigenvalue weighted by Crippen LogP contribution is -1.27. The van der Waals surface area contributed by atoms with Crippen LogP contribution in [0.15, 0.2) is 38.5 Å². The minimum absolute atomic E-state index is 1.25. The normalized spacial score (nSPS) is 4.67. The molecule has 0 aromatic heterocycles. The summed E-state index contributed by atoms with van der Waals surface area (Å²) in [6.07, 6.45) is 4.53. The molecule has 54 valence electrons. The van der Waals surface area contributed by atoms with E-state index in [1.54, 1.807) is 12.2 Å². The molecule has 0 aliphatic heterocycles. The Morgan fingerprint density at radius 1 is 1.00 bits per heavy atom. The van der Waals surface area contributed by atoms with Crippen LogP contribution in [0.3, 0.4) is 0 Å². The average molecular weight is 126 g/mol. The molecule has 0 aliphatic rings. The molecular weight excluding hydrogens is 108 g/mol. The first-order valence-electron chi connectivity index (χ1n) is 3.06. The van der Waals surface area contributed by atoms with Gasteiger partial charge in [0.1, 0.15) is 0 Å². The zero-order chi connectivity index (χ0) is 8.12. The Morgan fingerprint density at radius 2 is 1.11 bits per heavy atom. The summed E-state index contributed by atoms with van der Waals surface area (Å²) in [4.78, 5) is 0. The molecular formula is C9H18. The van der Waals surface area contributed by atoms with E-state index in [2.05, 4.69) is 40.2 Å². The number of allylic oxidation sites excluding steroid dienone is 2. The SMILES string of the molecule is C=C.C=CC=C.CCC. The summed E-state index contributed by atoms with van der Waals surface area (Å²) in [5, 5.41) is 0. The quantitative estimate of drug-likeness (QED) is 0.372. The van der Waals surface area contributed by atoms with E-state index in [9.17, 15) is 0 Å². The summed E-state index contributed by atoms with van der Waals surface area (Å²) >= 11 is 0. The van der Waals surface area contributed by atoms with E-state index in [0.29, 0.717) is 0 Å². The molecule has 0 heteroatoms. The Balaban J connectivity index is -0.0000000646. The Morgan fingerprint density at radius 3 is 1.11 bits per heavy atom. The maximum Gasteiger partial charge on any atom is -0.0590 e. The minimum Gasteiger partial charge on any atom is -0.106 e. The first kappa shape index (κ1) is 15.7. The predicted octanol–water partition coefficient (Wildman–Crippen LogP) is 3.58. The van der Waals surface area contributed by atoms with Crippen molar-refractivity contribution in [2.45, 2.75) is 20.3 Å². The Labute approximate surface area is 59.6 Å². The maximum atomic E-state index is 3.36. The summed E-state index contributed by atoms with van der Waals surface area (Å²) in [7, 11) is 0. The van der Waals surface area contributed by atoms with Crippen LogP contribution in [0.4, 0.5) is 0 Å². The molecule has 0 saturated heterocycles. The number of rotatable bonds is 1. The topological polar surface area (TPSA) is 0 Å². The van der Waals surface area contributed by atoms with Crippen molar-refractivity contribution in [1.29, 1.82) is 0 Å². The summed E-state index contributed by atoms with van der Waals surface area (Å²) in [6, 6.07) is 0. The molecule has 0 amide bonds. The monoisotopic (exact) mass is 126 g/mol. The highest BCUT2D eigenvalue weighted by Gasteiger charge is 1.35. The van der Waals surface area contributed by atoms with Gasteiger partial charge in [-0.1, -0.05) is 45.6 Å². The third-order valence-electron chi connectivity index (χ3n) is 0.167. The van der Waals surface area contributed by atoms with Gasteiger partial charge in [-0.2, -0.15) is 0 Å². The third kappa shape index (κ3) is 4060. The van der Waals surface area contributed by atoms with Crippen molar-refractivity contribution in [3.8, 4) is 0 Å². The van der Waals surface area contributed by atoms with Crippen LogP contribution in [-0.4, -0.2) is 0 Å². The predicted molar refractivity (Wildman–Crippen MR) is 47.6 cm³/mol. The van der Waals surface area contributed by atoms with E-state index in [1.165, 1.54) is 6.42 Å². The highest BCUT2D eigenvalue weighted by Crippen LogP contribution is 1.56.